The van der Waals surface area contributed by atoms with Crippen LogP contribution in [-0.4, -0.2) is 22.0 Å². The number of phenols is 1. The normalized spacial score (nSPS) is 16.2. The molecule has 1 fully saturated rings. The largest absolute Gasteiger partial charge is 0.506 e. The van der Waals surface area contributed by atoms with Gasteiger partial charge in [0.2, 0.25) is 0 Å². The van der Waals surface area contributed by atoms with Crippen LogP contribution >= 0.6 is 44.1 Å². The second-order valence-corrected chi connectivity index (χ2v) is 7.39. The Balaban J connectivity index is 2.11. The van der Waals surface area contributed by atoms with Gasteiger partial charge in [-0.1, -0.05) is 28.1 Å². The van der Waals surface area contributed by atoms with E-state index in [1.165, 1.54) is 30.3 Å². The third-order valence-electron chi connectivity index (χ3n) is 3.55. The van der Waals surface area contributed by atoms with Gasteiger partial charge in [0, 0.05) is 10.0 Å². The maximum Gasteiger partial charge on any atom is 0.270 e. The minimum Gasteiger partial charge on any atom is -0.506 e. The monoisotopic (exact) mass is 498 g/mol. The maximum absolute atomic E-state index is 14.1. The molecule has 0 bridgehead atoms. The number of hydrogen-bond donors (Lipinski definition) is 2. The fraction of sp³-hybridized carbons (Fsp3) is 0. The van der Waals surface area contributed by atoms with E-state index in [9.17, 15) is 19.1 Å². The SMILES string of the molecule is O=C1NC(=S)N(c2ccccc2F)C(=O)/C1=C/c1cc(Br)cc(Br)c1O. The molecule has 26 heavy (non-hydrogen) atoms. The second kappa shape index (κ2) is 7.26. The molecule has 5 nitrogen and oxygen atoms in total. The van der Waals surface area contributed by atoms with Crippen LogP contribution in [0.1, 0.15) is 5.56 Å². The highest BCUT2D eigenvalue weighted by atomic mass is 79.9. The molecule has 0 radical (unpaired) electrons. The molecule has 0 aromatic heterocycles. The molecule has 132 valence electrons. The molecule has 0 aliphatic carbocycles. The number of hydrogen-bond acceptors (Lipinski definition) is 4. The summed E-state index contributed by atoms with van der Waals surface area (Å²) in [5.41, 5.74) is -0.138. The number of anilines is 1. The number of nitrogens with one attached hydrogen (secondary N) is 1. The van der Waals surface area contributed by atoms with Gasteiger partial charge in [0.25, 0.3) is 11.8 Å². The molecule has 0 atom stereocenters. The number of para-hydroxylation sites is 1. The Morgan fingerprint density at radius 1 is 1.19 bits per heavy atom. The lowest BCUT2D eigenvalue weighted by Gasteiger charge is -2.29. The van der Waals surface area contributed by atoms with Gasteiger partial charge in [-0.3, -0.25) is 14.9 Å². The zero-order valence-electron chi connectivity index (χ0n) is 12.8. The number of aromatic hydroxyl groups is 1. The van der Waals surface area contributed by atoms with Crippen LogP contribution in [0.3, 0.4) is 0 Å². The summed E-state index contributed by atoms with van der Waals surface area (Å²) in [5, 5.41) is 12.3. The zero-order chi connectivity index (χ0) is 19.0. The number of nitrogens with zero attached hydrogens (tertiary/aromatic N) is 1. The van der Waals surface area contributed by atoms with Crippen molar-refractivity contribution >= 4 is 72.8 Å². The summed E-state index contributed by atoms with van der Waals surface area (Å²) < 4.78 is 15.1. The van der Waals surface area contributed by atoms with Crippen molar-refractivity contribution in [3.8, 4) is 5.75 Å². The van der Waals surface area contributed by atoms with Gasteiger partial charge in [0.05, 0.1) is 10.2 Å². The molecule has 1 aliphatic rings. The zero-order valence-corrected chi connectivity index (χ0v) is 16.8. The molecule has 9 heteroatoms. The smallest absolute Gasteiger partial charge is 0.270 e. The van der Waals surface area contributed by atoms with Crippen molar-refractivity contribution < 1.29 is 19.1 Å². The second-order valence-electron chi connectivity index (χ2n) is 5.23. The van der Waals surface area contributed by atoms with Crippen LogP contribution in [0.5, 0.6) is 5.75 Å². The van der Waals surface area contributed by atoms with E-state index >= 15 is 0 Å². The van der Waals surface area contributed by atoms with Crippen molar-refractivity contribution in [2.75, 3.05) is 4.90 Å². The molecule has 2 amide bonds. The van der Waals surface area contributed by atoms with Crippen molar-refractivity contribution in [3.05, 3.63) is 62.3 Å². The van der Waals surface area contributed by atoms with E-state index in [0.717, 1.165) is 4.90 Å². The first-order valence-electron chi connectivity index (χ1n) is 7.13. The van der Waals surface area contributed by atoms with Crippen molar-refractivity contribution in [3.63, 3.8) is 0 Å². The Morgan fingerprint density at radius 2 is 1.88 bits per heavy atom. The molecule has 1 heterocycles. The third kappa shape index (κ3) is 3.42. The Morgan fingerprint density at radius 3 is 2.58 bits per heavy atom. The van der Waals surface area contributed by atoms with Gasteiger partial charge in [-0.15, -0.1) is 0 Å². The summed E-state index contributed by atoms with van der Waals surface area (Å²) in [6.07, 6.45) is 1.22. The topological polar surface area (TPSA) is 69.6 Å². The summed E-state index contributed by atoms with van der Waals surface area (Å²) in [5.74, 6) is -2.33. The molecule has 0 spiro atoms. The molecule has 1 saturated heterocycles. The molecule has 0 saturated carbocycles. The van der Waals surface area contributed by atoms with Crippen LogP contribution in [0.25, 0.3) is 6.08 Å². The summed E-state index contributed by atoms with van der Waals surface area (Å²) in [6, 6.07) is 8.73. The third-order valence-corrected chi connectivity index (χ3v) is 4.90. The van der Waals surface area contributed by atoms with Gasteiger partial charge in [-0.05, 0) is 58.5 Å². The highest BCUT2D eigenvalue weighted by molar-refractivity contribution is 9.11. The predicted molar refractivity (Wildman–Crippen MR) is 106 cm³/mol. The quantitative estimate of drug-likeness (QED) is 0.373. The molecule has 2 N–H and O–H groups in total. The first kappa shape index (κ1) is 18.7. The highest BCUT2D eigenvalue weighted by Gasteiger charge is 2.35. The van der Waals surface area contributed by atoms with E-state index in [1.807, 2.05) is 0 Å². The van der Waals surface area contributed by atoms with Gasteiger partial charge in [0.15, 0.2) is 5.11 Å². The van der Waals surface area contributed by atoms with Gasteiger partial charge in [0.1, 0.15) is 17.1 Å². The molecule has 3 rings (SSSR count). The van der Waals surface area contributed by atoms with Gasteiger partial charge >= 0.3 is 0 Å². The molecule has 1 aliphatic heterocycles. The lowest BCUT2D eigenvalue weighted by Crippen LogP contribution is -2.54. The Labute approximate surface area is 169 Å². The van der Waals surface area contributed by atoms with Gasteiger partial charge < -0.3 is 5.11 Å². The van der Waals surface area contributed by atoms with E-state index in [2.05, 4.69) is 37.2 Å². The molecule has 2 aromatic carbocycles. The van der Waals surface area contributed by atoms with Crippen LogP contribution in [-0.2, 0) is 9.59 Å². The number of carbonyl (C=O) groups excluding carboxylic acids is 2. The number of rotatable bonds is 2. The van der Waals surface area contributed by atoms with E-state index in [0.29, 0.717) is 8.95 Å². The summed E-state index contributed by atoms with van der Waals surface area (Å²) in [7, 11) is 0. The summed E-state index contributed by atoms with van der Waals surface area (Å²) in [6.45, 7) is 0. The average Bonchev–Trinajstić information content (AvgIpc) is 2.57. The molecular formula is C17H9Br2FN2O3S. The van der Waals surface area contributed by atoms with E-state index in [4.69, 9.17) is 12.2 Å². The number of thiocarbonyl (C=S) groups is 1. The van der Waals surface area contributed by atoms with Crippen LogP contribution in [0, 0.1) is 5.82 Å². The molecule has 2 aromatic rings. The first-order valence-corrected chi connectivity index (χ1v) is 9.13. The van der Waals surface area contributed by atoms with Crippen LogP contribution < -0.4 is 10.2 Å². The average molecular weight is 500 g/mol. The van der Waals surface area contributed by atoms with Gasteiger partial charge in [-0.25, -0.2) is 9.29 Å². The minimum absolute atomic E-state index is 0.0759. The van der Waals surface area contributed by atoms with Crippen LogP contribution in [0.15, 0.2) is 50.9 Å². The van der Waals surface area contributed by atoms with Crippen molar-refractivity contribution in [1.82, 2.24) is 5.32 Å². The Hall–Kier alpha value is -2.10. The summed E-state index contributed by atoms with van der Waals surface area (Å²) >= 11 is 11.5. The van der Waals surface area contributed by atoms with Gasteiger partial charge in [-0.2, -0.15) is 0 Å². The number of carbonyl (C=O) groups is 2. The minimum atomic E-state index is -0.792. The van der Waals surface area contributed by atoms with Crippen molar-refractivity contribution in [2.45, 2.75) is 0 Å². The van der Waals surface area contributed by atoms with Crippen molar-refractivity contribution in [2.24, 2.45) is 0 Å². The Kier molecular flexibility index (Phi) is 5.22. The lowest BCUT2D eigenvalue weighted by molar-refractivity contribution is -0.122. The summed E-state index contributed by atoms with van der Waals surface area (Å²) in [4.78, 5) is 26.0. The fourth-order valence-electron chi connectivity index (χ4n) is 2.36. The maximum atomic E-state index is 14.1. The Bertz CT molecular complexity index is 994. The first-order chi connectivity index (χ1) is 12.3. The van der Waals surface area contributed by atoms with Crippen LogP contribution in [0.4, 0.5) is 10.1 Å². The lowest BCUT2D eigenvalue weighted by atomic mass is 10.1. The fourth-order valence-corrected chi connectivity index (χ4v) is 3.89. The van der Waals surface area contributed by atoms with E-state index in [-0.39, 0.29) is 27.7 Å². The van der Waals surface area contributed by atoms with Crippen molar-refractivity contribution in [1.29, 1.82) is 0 Å². The van der Waals surface area contributed by atoms with E-state index in [1.54, 1.807) is 12.1 Å². The van der Waals surface area contributed by atoms with E-state index < -0.39 is 17.6 Å². The number of phenolic OH excluding ortho intramolecular Hbond substituents is 1. The number of amides is 2. The molecule has 0 unspecified atom stereocenters. The highest BCUT2D eigenvalue weighted by Crippen LogP contribution is 2.34. The number of benzene rings is 2. The predicted octanol–water partition coefficient (Wildman–Crippen LogP) is 3.89. The number of halogens is 3. The van der Waals surface area contributed by atoms with Crippen LogP contribution in [0.2, 0.25) is 0 Å². The standard InChI is InChI=1S/C17H9Br2FN2O3S/c18-9-5-8(14(23)11(19)7-9)6-10-15(24)21-17(26)22(16(10)25)13-4-2-1-3-12(13)20/h1-7,23H,(H,21,24,26)/b10-6+. The molecular weight excluding hydrogens is 491 g/mol.